The third-order valence-corrected chi connectivity index (χ3v) is 10.8. The SMILES string of the molecule is COC(=O)C1(C)C2C[C@H](OC(=O)c3ccc(C#N)cc3)[C@@]3(C)Oc4cc(-c5cccnc5)oc(=O)c4[C@H](O)C3[C@@]2(C)CC[C@@H]1OC(C)=O. The minimum absolute atomic E-state index is 0.0633. The standard InChI is InChI=1S/C36H36N2O10/c1-19(39)45-26-12-13-34(2)25(35(26,3)33(43)44-5)16-27(47-31(41)21-10-8-20(17-37)9-11-21)36(4)30(34)29(40)28-24(48-36)15-23(46-32(28)42)22-7-6-14-38-18-22/h6-11,14-15,18,25-27,29-30,40H,12-13,16H2,1-5H3/t25?,26-,27-,29-,30?,34-,35?,36+/m0/s1. The number of esters is 3. The Labute approximate surface area is 276 Å². The maximum Gasteiger partial charge on any atom is 0.345 e. The largest absolute Gasteiger partial charge is 0.482 e. The predicted molar refractivity (Wildman–Crippen MR) is 167 cm³/mol. The van der Waals surface area contributed by atoms with Gasteiger partial charge in [0, 0.05) is 36.9 Å². The highest BCUT2D eigenvalue weighted by atomic mass is 16.6. The fourth-order valence-electron chi connectivity index (χ4n) is 8.62. The summed E-state index contributed by atoms with van der Waals surface area (Å²) < 4.78 is 29.6. The maximum atomic E-state index is 13.7. The number of nitriles is 1. The van der Waals surface area contributed by atoms with Crippen LogP contribution in [0, 0.1) is 34.0 Å². The Hall–Kier alpha value is -5.02. The quantitative estimate of drug-likeness (QED) is 0.300. The van der Waals surface area contributed by atoms with Gasteiger partial charge in [-0.05, 0) is 80.8 Å². The average Bonchev–Trinajstić information content (AvgIpc) is 3.06. The van der Waals surface area contributed by atoms with Gasteiger partial charge in [0.05, 0.1) is 30.4 Å². The Morgan fingerprint density at radius 1 is 1.08 bits per heavy atom. The molecule has 250 valence electrons. The molecule has 1 aromatic carbocycles. The molecule has 0 radical (unpaired) electrons. The topological polar surface area (TPSA) is 175 Å². The zero-order valence-corrected chi connectivity index (χ0v) is 27.2. The average molecular weight is 657 g/mol. The van der Waals surface area contributed by atoms with E-state index in [1.165, 1.54) is 50.6 Å². The molecule has 2 saturated carbocycles. The zero-order chi connectivity index (χ0) is 34.6. The van der Waals surface area contributed by atoms with Gasteiger partial charge in [-0.1, -0.05) is 6.92 Å². The van der Waals surface area contributed by atoms with E-state index in [-0.39, 0.29) is 35.5 Å². The number of fused-ring (bicyclic) bond motifs is 4. The molecule has 1 N–H and O–H groups in total. The van der Waals surface area contributed by atoms with Crippen LogP contribution in [0.4, 0.5) is 0 Å². The van der Waals surface area contributed by atoms with Crippen LogP contribution < -0.4 is 10.4 Å². The molecule has 3 unspecified atom stereocenters. The first-order valence-corrected chi connectivity index (χ1v) is 15.7. The summed E-state index contributed by atoms with van der Waals surface area (Å²) in [6.07, 6.45) is 0.375. The molecule has 2 aromatic heterocycles. The first-order chi connectivity index (χ1) is 22.8. The lowest BCUT2D eigenvalue weighted by Gasteiger charge is -2.65. The third-order valence-electron chi connectivity index (χ3n) is 10.8. The number of carbonyl (C=O) groups excluding carboxylic acids is 3. The van der Waals surface area contributed by atoms with E-state index in [4.69, 9.17) is 23.4 Å². The normalized spacial score (nSPS) is 31.8. The smallest absolute Gasteiger partial charge is 0.345 e. The molecule has 12 heteroatoms. The van der Waals surface area contributed by atoms with Gasteiger partial charge in [0.15, 0.2) is 0 Å². The van der Waals surface area contributed by atoms with Crippen LogP contribution in [-0.4, -0.2) is 52.9 Å². The molecule has 0 saturated heterocycles. The molecule has 2 fully saturated rings. The summed E-state index contributed by atoms with van der Waals surface area (Å²) in [6, 6.07) is 12.9. The Morgan fingerprint density at radius 2 is 1.81 bits per heavy atom. The molecule has 3 aliphatic rings. The van der Waals surface area contributed by atoms with E-state index in [0.29, 0.717) is 17.5 Å². The van der Waals surface area contributed by atoms with Crippen molar-refractivity contribution in [1.82, 2.24) is 4.98 Å². The summed E-state index contributed by atoms with van der Waals surface area (Å²) in [5.41, 5.74) is -3.63. The fourth-order valence-corrected chi connectivity index (χ4v) is 8.62. The monoisotopic (exact) mass is 656 g/mol. The van der Waals surface area contributed by atoms with Gasteiger partial charge >= 0.3 is 23.5 Å². The first kappa shape index (κ1) is 32.9. The highest BCUT2D eigenvalue weighted by Gasteiger charge is 2.72. The van der Waals surface area contributed by atoms with Gasteiger partial charge in [0.2, 0.25) is 0 Å². The number of rotatable bonds is 5. The van der Waals surface area contributed by atoms with Gasteiger partial charge in [-0.3, -0.25) is 14.6 Å². The molecular formula is C36H36N2O10. The first-order valence-electron chi connectivity index (χ1n) is 15.7. The summed E-state index contributed by atoms with van der Waals surface area (Å²) in [7, 11) is 1.25. The second-order valence-electron chi connectivity index (χ2n) is 13.4. The van der Waals surface area contributed by atoms with Gasteiger partial charge in [0.1, 0.15) is 40.3 Å². The number of hydrogen-bond acceptors (Lipinski definition) is 12. The molecule has 3 heterocycles. The number of pyridine rings is 1. The molecule has 1 aliphatic heterocycles. The van der Waals surface area contributed by atoms with E-state index in [1.807, 2.05) is 13.0 Å². The number of benzene rings is 1. The molecule has 8 atom stereocenters. The Morgan fingerprint density at radius 3 is 2.44 bits per heavy atom. The number of hydrogen-bond donors (Lipinski definition) is 1. The van der Waals surface area contributed by atoms with E-state index >= 15 is 0 Å². The highest BCUT2D eigenvalue weighted by molar-refractivity contribution is 5.89. The summed E-state index contributed by atoms with van der Waals surface area (Å²) >= 11 is 0. The summed E-state index contributed by atoms with van der Waals surface area (Å²) in [5, 5.41) is 21.5. The van der Waals surface area contributed by atoms with Crippen LogP contribution in [-0.2, 0) is 23.8 Å². The van der Waals surface area contributed by atoms with E-state index in [1.54, 1.807) is 32.2 Å². The van der Waals surface area contributed by atoms with Crippen molar-refractivity contribution in [3.05, 3.63) is 82.0 Å². The van der Waals surface area contributed by atoms with Crippen molar-refractivity contribution in [3.63, 3.8) is 0 Å². The molecule has 48 heavy (non-hydrogen) atoms. The van der Waals surface area contributed by atoms with E-state index in [0.717, 1.165) is 0 Å². The van der Waals surface area contributed by atoms with Crippen molar-refractivity contribution < 1.29 is 42.9 Å². The minimum atomic E-state index is -1.46. The zero-order valence-electron chi connectivity index (χ0n) is 27.2. The third kappa shape index (κ3) is 5.04. The Kier molecular flexibility index (Phi) is 8.15. The van der Waals surface area contributed by atoms with Crippen molar-refractivity contribution in [2.24, 2.45) is 22.7 Å². The number of carbonyl (C=O) groups is 3. The van der Waals surface area contributed by atoms with Gasteiger partial charge in [-0.25, -0.2) is 9.59 Å². The van der Waals surface area contributed by atoms with Crippen molar-refractivity contribution in [2.45, 2.75) is 70.9 Å². The van der Waals surface area contributed by atoms with Crippen LogP contribution in [0.3, 0.4) is 0 Å². The molecular weight excluding hydrogens is 620 g/mol. The molecule has 3 aromatic rings. The number of ether oxygens (including phenoxy) is 4. The lowest BCUT2D eigenvalue weighted by molar-refractivity contribution is -0.262. The van der Waals surface area contributed by atoms with Gasteiger partial charge in [-0.15, -0.1) is 0 Å². The number of aromatic nitrogens is 1. The van der Waals surface area contributed by atoms with Crippen LogP contribution in [0.2, 0.25) is 0 Å². The van der Waals surface area contributed by atoms with Crippen LogP contribution in [0.1, 0.15) is 74.5 Å². The lowest BCUT2D eigenvalue weighted by atomic mass is 9.42. The van der Waals surface area contributed by atoms with Crippen molar-refractivity contribution in [3.8, 4) is 23.1 Å². The highest BCUT2D eigenvalue weighted by Crippen LogP contribution is 2.67. The summed E-state index contributed by atoms with van der Waals surface area (Å²) in [5.74, 6) is -3.27. The molecule has 0 spiro atoms. The predicted octanol–water partition coefficient (Wildman–Crippen LogP) is 4.53. The van der Waals surface area contributed by atoms with Gasteiger partial charge in [0.25, 0.3) is 0 Å². The molecule has 12 nitrogen and oxygen atoms in total. The Bertz CT molecular complexity index is 1870. The van der Waals surface area contributed by atoms with Crippen molar-refractivity contribution in [2.75, 3.05) is 7.11 Å². The summed E-state index contributed by atoms with van der Waals surface area (Å²) in [6.45, 7) is 6.57. The van der Waals surface area contributed by atoms with E-state index in [2.05, 4.69) is 4.98 Å². The van der Waals surface area contributed by atoms with Crippen LogP contribution in [0.25, 0.3) is 11.3 Å². The lowest BCUT2D eigenvalue weighted by Crippen LogP contribution is -2.72. The van der Waals surface area contributed by atoms with Crippen LogP contribution in [0.15, 0.2) is 64.1 Å². The van der Waals surface area contributed by atoms with Gasteiger partial charge < -0.3 is 28.5 Å². The molecule has 0 amide bonds. The fraction of sp³-hybridized carbons (Fsp3) is 0.444. The maximum absolute atomic E-state index is 13.7. The minimum Gasteiger partial charge on any atom is -0.482 e. The number of nitrogens with zero attached hydrogens (tertiary/aromatic N) is 2. The number of aliphatic hydroxyl groups excluding tert-OH is 1. The van der Waals surface area contributed by atoms with E-state index in [9.17, 15) is 29.5 Å². The second kappa shape index (κ2) is 11.9. The van der Waals surface area contributed by atoms with E-state index < -0.39 is 70.1 Å². The molecule has 6 rings (SSSR count). The van der Waals surface area contributed by atoms with Crippen LogP contribution >= 0.6 is 0 Å². The second-order valence-corrected chi connectivity index (χ2v) is 13.4. The summed E-state index contributed by atoms with van der Waals surface area (Å²) in [4.78, 5) is 57.3. The van der Waals surface area contributed by atoms with Crippen molar-refractivity contribution in [1.29, 1.82) is 5.26 Å². The molecule has 0 bridgehead atoms. The van der Waals surface area contributed by atoms with Crippen molar-refractivity contribution >= 4 is 17.9 Å². The Balaban J connectivity index is 1.51. The van der Waals surface area contributed by atoms with Gasteiger partial charge in [-0.2, -0.15) is 5.26 Å². The number of aliphatic hydroxyl groups is 1. The van der Waals surface area contributed by atoms with Crippen LogP contribution in [0.5, 0.6) is 5.75 Å². The number of methoxy groups -OCH3 is 1. The molecule has 2 aliphatic carbocycles.